The van der Waals surface area contributed by atoms with Crippen molar-refractivity contribution in [2.24, 2.45) is 5.92 Å². The van der Waals surface area contributed by atoms with Crippen LogP contribution in [-0.2, 0) is 0 Å². The molecule has 0 spiro atoms. The summed E-state index contributed by atoms with van der Waals surface area (Å²) in [6, 6.07) is 3.73. The molecule has 2 rings (SSSR count). The number of pyridine rings is 1. The van der Waals surface area contributed by atoms with E-state index in [0.717, 1.165) is 18.0 Å². The molecule has 1 atom stereocenters. The van der Waals surface area contributed by atoms with Crippen molar-refractivity contribution in [1.82, 2.24) is 10.3 Å². The molecule has 0 bridgehead atoms. The molecule has 2 N–H and O–H groups in total. The number of rotatable bonds is 5. The van der Waals surface area contributed by atoms with Gasteiger partial charge in [0.2, 0.25) is 0 Å². The Hall–Kier alpha value is -0.930. The molecule has 1 aromatic rings. The van der Waals surface area contributed by atoms with Gasteiger partial charge in [-0.05, 0) is 43.0 Å². The van der Waals surface area contributed by atoms with E-state index in [2.05, 4.69) is 10.3 Å². The largest absolute Gasteiger partial charge is 0.387 e. The van der Waals surface area contributed by atoms with Crippen LogP contribution in [0.5, 0.6) is 0 Å². The molecule has 1 aliphatic rings. The summed E-state index contributed by atoms with van der Waals surface area (Å²) in [5.74, 6) is 0.824. The Kier molecular flexibility index (Phi) is 4.31. The fourth-order valence-corrected chi connectivity index (χ4v) is 2.34. The van der Waals surface area contributed by atoms with Crippen LogP contribution in [0, 0.1) is 5.92 Å². The normalized spacial score (nSPS) is 18.8. The molecule has 1 saturated carbocycles. The molecule has 1 aliphatic carbocycles. The lowest BCUT2D eigenvalue weighted by molar-refractivity contribution is 0.172. The molecule has 0 saturated heterocycles. The van der Waals surface area contributed by atoms with E-state index in [1.165, 1.54) is 25.7 Å². The summed E-state index contributed by atoms with van der Waals surface area (Å²) in [4.78, 5) is 3.94. The second kappa shape index (κ2) is 5.97. The van der Waals surface area contributed by atoms with E-state index in [4.69, 9.17) is 0 Å². The Morgan fingerprint density at radius 1 is 1.31 bits per heavy atom. The van der Waals surface area contributed by atoms with Crippen LogP contribution in [0.4, 0.5) is 0 Å². The quantitative estimate of drug-likeness (QED) is 0.796. The van der Waals surface area contributed by atoms with Crippen LogP contribution in [0.3, 0.4) is 0 Å². The summed E-state index contributed by atoms with van der Waals surface area (Å²) >= 11 is 0. The lowest BCUT2D eigenvalue weighted by Gasteiger charge is -2.14. The maximum Gasteiger partial charge on any atom is 0.0915 e. The first-order valence-electron chi connectivity index (χ1n) is 6.15. The average molecular weight is 220 g/mol. The summed E-state index contributed by atoms with van der Waals surface area (Å²) < 4.78 is 0. The molecule has 0 radical (unpaired) electrons. The van der Waals surface area contributed by atoms with E-state index in [-0.39, 0.29) is 0 Å². The summed E-state index contributed by atoms with van der Waals surface area (Å²) in [6.45, 7) is 1.68. The van der Waals surface area contributed by atoms with E-state index in [1.54, 1.807) is 12.4 Å². The second-order valence-corrected chi connectivity index (χ2v) is 4.61. The van der Waals surface area contributed by atoms with Gasteiger partial charge in [0, 0.05) is 18.9 Å². The minimum Gasteiger partial charge on any atom is -0.387 e. The van der Waals surface area contributed by atoms with Crippen molar-refractivity contribution in [2.45, 2.75) is 31.8 Å². The molecular weight excluding hydrogens is 200 g/mol. The average Bonchev–Trinajstić information content (AvgIpc) is 2.83. The summed E-state index contributed by atoms with van der Waals surface area (Å²) in [5, 5.41) is 13.3. The highest BCUT2D eigenvalue weighted by atomic mass is 16.3. The van der Waals surface area contributed by atoms with Crippen molar-refractivity contribution in [3.8, 4) is 0 Å². The molecule has 1 heterocycles. The zero-order valence-electron chi connectivity index (χ0n) is 9.60. The molecule has 88 valence electrons. The summed E-state index contributed by atoms with van der Waals surface area (Å²) in [7, 11) is 0. The van der Waals surface area contributed by atoms with E-state index in [1.807, 2.05) is 12.1 Å². The highest BCUT2D eigenvalue weighted by molar-refractivity contribution is 5.13. The minimum atomic E-state index is -0.413. The van der Waals surface area contributed by atoms with Crippen molar-refractivity contribution in [1.29, 1.82) is 0 Å². The van der Waals surface area contributed by atoms with Crippen molar-refractivity contribution < 1.29 is 5.11 Å². The Morgan fingerprint density at radius 3 is 2.69 bits per heavy atom. The smallest absolute Gasteiger partial charge is 0.0915 e. The molecule has 0 aromatic carbocycles. The first kappa shape index (κ1) is 11.6. The monoisotopic (exact) mass is 220 g/mol. The first-order chi connectivity index (χ1) is 7.86. The number of nitrogens with zero attached hydrogens (tertiary/aromatic N) is 1. The van der Waals surface area contributed by atoms with E-state index < -0.39 is 6.10 Å². The summed E-state index contributed by atoms with van der Waals surface area (Å²) in [5.41, 5.74) is 0.939. The highest BCUT2D eigenvalue weighted by Gasteiger charge is 2.15. The van der Waals surface area contributed by atoms with Crippen LogP contribution in [0.25, 0.3) is 0 Å². The first-order valence-corrected chi connectivity index (χ1v) is 6.15. The number of hydrogen-bond donors (Lipinski definition) is 2. The Morgan fingerprint density at radius 2 is 2.00 bits per heavy atom. The van der Waals surface area contributed by atoms with Crippen molar-refractivity contribution in [2.75, 3.05) is 13.1 Å². The zero-order chi connectivity index (χ0) is 11.2. The van der Waals surface area contributed by atoms with Crippen molar-refractivity contribution in [3.05, 3.63) is 30.1 Å². The fraction of sp³-hybridized carbons (Fsp3) is 0.615. The van der Waals surface area contributed by atoms with Crippen molar-refractivity contribution in [3.63, 3.8) is 0 Å². The maximum absolute atomic E-state index is 9.90. The van der Waals surface area contributed by atoms with Crippen molar-refractivity contribution >= 4 is 0 Å². The molecule has 16 heavy (non-hydrogen) atoms. The van der Waals surface area contributed by atoms with Gasteiger partial charge in [0.1, 0.15) is 0 Å². The molecule has 1 aromatic heterocycles. The fourth-order valence-electron chi connectivity index (χ4n) is 2.34. The van der Waals surface area contributed by atoms with Gasteiger partial charge in [-0.25, -0.2) is 0 Å². The van der Waals surface area contributed by atoms with Crippen LogP contribution in [0.1, 0.15) is 37.4 Å². The molecule has 3 heteroatoms. The van der Waals surface area contributed by atoms with Gasteiger partial charge in [-0.15, -0.1) is 0 Å². The third-order valence-electron chi connectivity index (χ3n) is 3.34. The Bertz CT molecular complexity index is 296. The number of aromatic nitrogens is 1. The molecule has 0 amide bonds. The maximum atomic E-state index is 9.90. The van der Waals surface area contributed by atoms with Gasteiger partial charge in [-0.3, -0.25) is 4.98 Å². The number of aliphatic hydroxyl groups is 1. The topological polar surface area (TPSA) is 45.1 Å². The number of aliphatic hydroxyl groups excluding tert-OH is 1. The number of nitrogens with one attached hydrogen (secondary N) is 1. The lowest BCUT2D eigenvalue weighted by atomic mass is 10.1. The summed E-state index contributed by atoms with van der Waals surface area (Å²) in [6.07, 6.45) is 8.46. The van der Waals surface area contributed by atoms with Crippen LogP contribution in [0.15, 0.2) is 24.5 Å². The second-order valence-electron chi connectivity index (χ2n) is 4.61. The Balaban J connectivity index is 1.69. The van der Waals surface area contributed by atoms with Gasteiger partial charge in [-0.2, -0.15) is 0 Å². The third kappa shape index (κ3) is 3.29. The van der Waals surface area contributed by atoms with Gasteiger partial charge >= 0.3 is 0 Å². The lowest BCUT2D eigenvalue weighted by Crippen LogP contribution is -2.26. The molecule has 1 fully saturated rings. The number of hydrogen-bond acceptors (Lipinski definition) is 3. The van der Waals surface area contributed by atoms with Crippen LogP contribution in [-0.4, -0.2) is 23.2 Å². The van der Waals surface area contributed by atoms with Gasteiger partial charge in [-0.1, -0.05) is 12.8 Å². The zero-order valence-corrected chi connectivity index (χ0v) is 9.60. The molecular formula is C13H20N2O. The molecule has 0 aliphatic heterocycles. The van der Waals surface area contributed by atoms with Gasteiger partial charge in [0.25, 0.3) is 0 Å². The molecule has 3 nitrogen and oxygen atoms in total. The van der Waals surface area contributed by atoms with Gasteiger partial charge in [0.15, 0.2) is 0 Å². The predicted octanol–water partition coefficient (Wildman–Crippen LogP) is 1.89. The highest BCUT2D eigenvalue weighted by Crippen LogP contribution is 2.23. The van der Waals surface area contributed by atoms with Gasteiger partial charge in [0.05, 0.1) is 6.10 Å². The predicted molar refractivity (Wildman–Crippen MR) is 64.0 cm³/mol. The third-order valence-corrected chi connectivity index (χ3v) is 3.34. The van der Waals surface area contributed by atoms with Crippen LogP contribution in [0.2, 0.25) is 0 Å². The van der Waals surface area contributed by atoms with E-state index >= 15 is 0 Å². The van der Waals surface area contributed by atoms with Gasteiger partial charge < -0.3 is 10.4 Å². The SMILES string of the molecule is OC(CNCC1CCCC1)c1ccncc1. The standard InChI is InChI=1S/C13H20N2O/c16-13(12-5-7-14-8-6-12)10-15-9-11-3-1-2-4-11/h5-8,11,13,15-16H,1-4,9-10H2. The van der Waals surface area contributed by atoms with Crippen LogP contribution < -0.4 is 5.32 Å². The minimum absolute atomic E-state index is 0.413. The van der Waals surface area contributed by atoms with E-state index in [0.29, 0.717) is 6.54 Å². The molecule has 1 unspecified atom stereocenters. The van der Waals surface area contributed by atoms with Crippen LogP contribution >= 0.6 is 0 Å². The Labute approximate surface area is 96.9 Å². The van der Waals surface area contributed by atoms with E-state index in [9.17, 15) is 5.11 Å².